The topological polar surface area (TPSA) is 32.3 Å². The molecule has 3 nitrogen and oxygen atoms in total. The minimum absolute atomic E-state index is 0.190. The molecule has 17 heavy (non-hydrogen) atoms. The van der Waals surface area contributed by atoms with Crippen LogP contribution in [0, 0.1) is 5.92 Å². The zero-order valence-electron chi connectivity index (χ0n) is 11.1. The lowest BCUT2D eigenvalue weighted by Crippen LogP contribution is -2.49. The Morgan fingerprint density at radius 2 is 1.82 bits per heavy atom. The van der Waals surface area contributed by atoms with Gasteiger partial charge in [-0.05, 0) is 38.0 Å². The fourth-order valence-electron chi connectivity index (χ4n) is 3.23. The maximum Gasteiger partial charge on any atom is 0.317 e. The molecule has 0 aromatic carbocycles. The van der Waals surface area contributed by atoms with Gasteiger partial charge >= 0.3 is 6.03 Å². The summed E-state index contributed by atoms with van der Waals surface area (Å²) >= 11 is 0. The highest BCUT2D eigenvalue weighted by molar-refractivity contribution is 5.74. The lowest BCUT2D eigenvalue weighted by atomic mass is 9.83. The molecule has 98 valence electrons. The molecule has 3 heteroatoms. The van der Waals surface area contributed by atoms with E-state index in [-0.39, 0.29) is 6.03 Å². The first kappa shape index (κ1) is 12.7. The summed E-state index contributed by atoms with van der Waals surface area (Å²) in [6.07, 6.45) is 9.93. The first-order valence-corrected chi connectivity index (χ1v) is 7.36. The van der Waals surface area contributed by atoms with Gasteiger partial charge in [-0.25, -0.2) is 4.79 Å². The summed E-state index contributed by atoms with van der Waals surface area (Å²) < 4.78 is 0. The number of hydrogen-bond acceptors (Lipinski definition) is 1. The van der Waals surface area contributed by atoms with Crippen molar-refractivity contribution in [1.29, 1.82) is 0 Å². The van der Waals surface area contributed by atoms with Crippen LogP contribution in [-0.2, 0) is 0 Å². The van der Waals surface area contributed by atoms with Crippen molar-refractivity contribution in [3.8, 4) is 0 Å². The minimum Gasteiger partial charge on any atom is -0.335 e. The van der Waals surface area contributed by atoms with E-state index in [2.05, 4.69) is 12.2 Å². The number of likely N-dealkylation sites (tertiary alicyclic amines) is 1. The summed E-state index contributed by atoms with van der Waals surface area (Å²) in [7, 11) is 0. The lowest BCUT2D eigenvalue weighted by Gasteiger charge is -2.34. The summed E-state index contributed by atoms with van der Waals surface area (Å²) in [6.45, 7) is 4.15. The number of carbonyl (C=O) groups excluding carboxylic acids is 1. The van der Waals surface area contributed by atoms with Crippen molar-refractivity contribution in [2.75, 3.05) is 13.1 Å². The predicted molar refractivity (Wildman–Crippen MR) is 70.0 cm³/mol. The second-order valence-corrected chi connectivity index (χ2v) is 5.56. The van der Waals surface area contributed by atoms with Gasteiger partial charge in [-0.15, -0.1) is 0 Å². The first-order valence-electron chi connectivity index (χ1n) is 7.36. The number of rotatable bonds is 2. The number of hydrogen-bond donors (Lipinski definition) is 1. The molecule has 0 aromatic rings. The molecular weight excluding hydrogens is 212 g/mol. The van der Waals surface area contributed by atoms with Crippen LogP contribution in [0.5, 0.6) is 0 Å². The molecule has 2 fully saturated rings. The molecule has 1 saturated heterocycles. The van der Waals surface area contributed by atoms with Crippen molar-refractivity contribution in [1.82, 2.24) is 10.2 Å². The number of nitrogens with zero attached hydrogens (tertiary/aromatic N) is 1. The van der Waals surface area contributed by atoms with E-state index in [9.17, 15) is 4.79 Å². The van der Waals surface area contributed by atoms with Gasteiger partial charge in [0.25, 0.3) is 0 Å². The van der Waals surface area contributed by atoms with Crippen LogP contribution in [0.2, 0.25) is 0 Å². The van der Waals surface area contributed by atoms with E-state index in [0.717, 1.165) is 13.1 Å². The van der Waals surface area contributed by atoms with Crippen LogP contribution in [0.25, 0.3) is 0 Å². The van der Waals surface area contributed by atoms with E-state index in [1.807, 2.05) is 4.90 Å². The Morgan fingerprint density at radius 3 is 2.53 bits per heavy atom. The average Bonchev–Trinajstić information content (AvgIpc) is 2.40. The van der Waals surface area contributed by atoms with Gasteiger partial charge in [0.2, 0.25) is 0 Å². The number of piperidine rings is 1. The Hall–Kier alpha value is -0.730. The second-order valence-electron chi connectivity index (χ2n) is 5.56. The lowest BCUT2D eigenvalue weighted by molar-refractivity contribution is 0.169. The molecule has 0 aromatic heterocycles. The molecule has 0 spiro atoms. The quantitative estimate of drug-likeness (QED) is 0.787. The van der Waals surface area contributed by atoms with Crippen LogP contribution in [0.3, 0.4) is 0 Å². The molecule has 1 heterocycles. The molecule has 2 aliphatic rings. The second kappa shape index (κ2) is 6.27. The highest BCUT2D eigenvalue weighted by Crippen LogP contribution is 2.27. The van der Waals surface area contributed by atoms with Crippen LogP contribution < -0.4 is 5.32 Å². The van der Waals surface area contributed by atoms with Crippen LogP contribution in [0.1, 0.15) is 58.3 Å². The molecular formula is C14H26N2O. The van der Waals surface area contributed by atoms with E-state index in [1.165, 1.54) is 51.4 Å². The Bertz CT molecular complexity index is 249. The smallest absolute Gasteiger partial charge is 0.317 e. The van der Waals surface area contributed by atoms with Gasteiger partial charge in [0, 0.05) is 19.1 Å². The van der Waals surface area contributed by atoms with E-state index in [1.54, 1.807) is 0 Å². The van der Waals surface area contributed by atoms with Gasteiger partial charge in [0.15, 0.2) is 0 Å². The normalized spacial score (nSPS) is 30.1. The molecule has 2 rings (SSSR count). The van der Waals surface area contributed by atoms with Gasteiger partial charge in [0.1, 0.15) is 0 Å². The van der Waals surface area contributed by atoms with Gasteiger partial charge in [-0.1, -0.05) is 26.2 Å². The fraction of sp³-hybridized carbons (Fsp3) is 0.929. The molecule has 2 atom stereocenters. The van der Waals surface area contributed by atoms with E-state index in [4.69, 9.17) is 0 Å². The third-order valence-corrected chi connectivity index (χ3v) is 4.39. The molecule has 1 N–H and O–H groups in total. The largest absolute Gasteiger partial charge is 0.335 e. The van der Waals surface area contributed by atoms with Gasteiger partial charge in [0.05, 0.1) is 0 Å². The molecule has 2 amide bonds. The summed E-state index contributed by atoms with van der Waals surface area (Å²) in [6, 6.07) is 0.623. The zero-order chi connectivity index (χ0) is 12.1. The molecule has 0 radical (unpaired) electrons. The maximum atomic E-state index is 12.1. The third-order valence-electron chi connectivity index (χ3n) is 4.39. The van der Waals surface area contributed by atoms with Crippen LogP contribution in [0.15, 0.2) is 0 Å². The highest BCUT2D eigenvalue weighted by Gasteiger charge is 2.27. The Morgan fingerprint density at radius 1 is 1.12 bits per heavy atom. The van der Waals surface area contributed by atoms with Crippen molar-refractivity contribution in [2.24, 2.45) is 5.92 Å². The number of carbonyl (C=O) groups is 1. The van der Waals surface area contributed by atoms with Gasteiger partial charge in [-0.2, -0.15) is 0 Å². The van der Waals surface area contributed by atoms with Crippen molar-refractivity contribution >= 4 is 6.03 Å². The van der Waals surface area contributed by atoms with Crippen LogP contribution in [0.4, 0.5) is 4.79 Å². The van der Waals surface area contributed by atoms with Crippen molar-refractivity contribution < 1.29 is 4.79 Å². The minimum atomic E-state index is 0.190. The monoisotopic (exact) mass is 238 g/mol. The SMILES string of the molecule is CCC1CCCCC1NC(=O)N1CCCCC1. The van der Waals surface area contributed by atoms with Crippen LogP contribution >= 0.6 is 0 Å². The summed E-state index contributed by atoms with van der Waals surface area (Å²) in [4.78, 5) is 14.1. The molecule has 1 aliphatic heterocycles. The van der Waals surface area contributed by atoms with Crippen molar-refractivity contribution in [3.05, 3.63) is 0 Å². The summed E-state index contributed by atoms with van der Waals surface area (Å²) in [5.41, 5.74) is 0. The van der Waals surface area contributed by atoms with E-state index >= 15 is 0 Å². The number of amides is 2. The molecule has 0 bridgehead atoms. The molecule has 2 unspecified atom stereocenters. The Kier molecular flexibility index (Phi) is 4.69. The van der Waals surface area contributed by atoms with E-state index < -0.39 is 0 Å². The fourth-order valence-corrected chi connectivity index (χ4v) is 3.23. The van der Waals surface area contributed by atoms with E-state index in [0.29, 0.717) is 12.0 Å². The van der Waals surface area contributed by atoms with Crippen LogP contribution in [-0.4, -0.2) is 30.1 Å². The zero-order valence-corrected chi connectivity index (χ0v) is 11.1. The number of urea groups is 1. The highest BCUT2D eigenvalue weighted by atomic mass is 16.2. The van der Waals surface area contributed by atoms with Gasteiger partial charge < -0.3 is 10.2 Å². The maximum absolute atomic E-state index is 12.1. The Balaban J connectivity index is 1.83. The van der Waals surface area contributed by atoms with Gasteiger partial charge in [-0.3, -0.25) is 0 Å². The predicted octanol–water partition coefficient (Wildman–Crippen LogP) is 3.15. The van der Waals surface area contributed by atoms with Crippen molar-refractivity contribution in [2.45, 2.75) is 64.3 Å². The Labute approximate surface area is 105 Å². The first-order chi connectivity index (χ1) is 8.31. The molecule has 1 aliphatic carbocycles. The average molecular weight is 238 g/mol. The molecule has 1 saturated carbocycles. The third kappa shape index (κ3) is 3.36. The standard InChI is InChI=1S/C14H26N2O/c1-2-12-8-4-5-9-13(12)15-14(17)16-10-6-3-7-11-16/h12-13H,2-11H2,1H3,(H,15,17). The van der Waals surface area contributed by atoms with Crippen molar-refractivity contribution in [3.63, 3.8) is 0 Å². The summed E-state index contributed by atoms with van der Waals surface area (Å²) in [5, 5.41) is 3.28. The summed E-state index contributed by atoms with van der Waals surface area (Å²) in [5.74, 6) is 0.706. The number of nitrogens with one attached hydrogen (secondary N) is 1.